The summed E-state index contributed by atoms with van der Waals surface area (Å²) in [5.41, 5.74) is -0.192. The maximum absolute atomic E-state index is 11.7. The number of hydrogen-bond donors (Lipinski definition) is 0. The number of ether oxygens (including phenoxy) is 2. The van der Waals surface area contributed by atoms with E-state index in [1.165, 1.54) is 11.3 Å². The van der Waals surface area contributed by atoms with Gasteiger partial charge in [-0.25, -0.2) is 0 Å². The Morgan fingerprint density at radius 2 is 2.12 bits per heavy atom. The summed E-state index contributed by atoms with van der Waals surface area (Å²) in [5, 5.41) is 0. The largest absolute Gasteiger partial charge is 0.379 e. The average molecular weight is 256 g/mol. The highest BCUT2D eigenvalue weighted by atomic mass is 32.1. The van der Waals surface area contributed by atoms with Gasteiger partial charge in [0.2, 0.25) is 0 Å². The molecule has 1 aromatic heterocycles. The van der Waals surface area contributed by atoms with Gasteiger partial charge >= 0.3 is 0 Å². The first-order valence-corrected chi connectivity index (χ1v) is 6.49. The third-order valence-electron chi connectivity index (χ3n) is 2.65. The van der Waals surface area contributed by atoms with Gasteiger partial charge in [0, 0.05) is 18.6 Å². The normalized spacial score (nSPS) is 11.8. The Bertz CT molecular complexity index is 368. The Morgan fingerprint density at radius 1 is 1.41 bits per heavy atom. The number of hydrogen-bond acceptors (Lipinski definition) is 4. The summed E-state index contributed by atoms with van der Waals surface area (Å²) in [7, 11) is 1.68. The Morgan fingerprint density at radius 3 is 2.65 bits per heavy atom. The van der Waals surface area contributed by atoms with Crippen molar-refractivity contribution in [3.63, 3.8) is 0 Å². The number of Topliss-reactive ketones (excluding diaryl/α,β-unsaturated/α-hetero) is 1. The summed E-state index contributed by atoms with van der Waals surface area (Å²) in [6, 6.07) is 3.80. The maximum Gasteiger partial charge on any atom is 0.198 e. The van der Waals surface area contributed by atoms with Gasteiger partial charge in [0.05, 0.1) is 10.5 Å². The standard InChI is InChI=1S/C13H20O3S/c1-10-5-6-12(17-10)11(14)9-16-8-7-13(2,3)15-4/h5-6H,7-9H2,1-4H3. The summed E-state index contributed by atoms with van der Waals surface area (Å²) in [6.45, 7) is 6.68. The van der Waals surface area contributed by atoms with Crippen LogP contribution in [0.1, 0.15) is 34.8 Å². The fraction of sp³-hybridized carbons (Fsp3) is 0.615. The third-order valence-corrected chi connectivity index (χ3v) is 3.69. The molecular formula is C13H20O3S. The van der Waals surface area contributed by atoms with E-state index in [2.05, 4.69) is 0 Å². The summed E-state index contributed by atoms with van der Waals surface area (Å²) in [4.78, 5) is 13.6. The molecule has 0 unspecified atom stereocenters. The molecule has 0 spiro atoms. The molecule has 0 atom stereocenters. The number of ketones is 1. The highest BCUT2D eigenvalue weighted by Crippen LogP contribution is 2.16. The number of aryl methyl sites for hydroxylation is 1. The molecule has 0 bridgehead atoms. The molecule has 0 aliphatic rings. The molecule has 0 aromatic carbocycles. The molecule has 0 amide bonds. The topological polar surface area (TPSA) is 35.5 Å². The molecule has 0 aliphatic heterocycles. The van der Waals surface area contributed by atoms with Gasteiger partial charge in [-0.3, -0.25) is 4.79 Å². The Hall–Kier alpha value is -0.710. The molecule has 17 heavy (non-hydrogen) atoms. The van der Waals surface area contributed by atoms with Gasteiger partial charge in [-0.15, -0.1) is 11.3 Å². The quantitative estimate of drug-likeness (QED) is 0.555. The van der Waals surface area contributed by atoms with Crippen LogP contribution in [0.25, 0.3) is 0 Å². The maximum atomic E-state index is 11.7. The number of rotatable bonds is 7. The lowest BCUT2D eigenvalue weighted by molar-refractivity contribution is -0.00833. The molecule has 0 saturated carbocycles. The summed E-state index contributed by atoms with van der Waals surface area (Å²) < 4.78 is 10.6. The van der Waals surface area contributed by atoms with Gasteiger partial charge in [-0.05, 0) is 39.3 Å². The molecule has 96 valence electrons. The number of carbonyl (C=O) groups excluding carboxylic acids is 1. The predicted molar refractivity (Wildman–Crippen MR) is 69.9 cm³/mol. The van der Waals surface area contributed by atoms with E-state index in [-0.39, 0.29) is 18.0 Å². The van der Waals surface area contributed by atoms with Crippen molar-refractivity contribution in [3.05, 3.63) is 21.9 Å². The van der Waals surface area contributed by atoms with Crippen LogP contribution in [0.15, 0.2) is 12.1 Å². The first-order chi connectivity index (χ1) is 7.94. The molecule has 0 fully saturated rings. The van der Waals surface area contributed by atoms with E-state index in [1.54, 1.807) is 7.11 Å². The van der Waals surface area contributed by atoms with Crippen LogP contribution in [0.4, 0.5) is 0 Å². The van der Waals surface area contributed by atoms with Gasteiger partial charge in [0.1, 0.15) is 6.61 Å². The summed E-state index contributed by atoms with van der Waals surface area (Å²) >= 11 is 1.51. The molecule has 3 nitrogen and oxygen atoms in total. The van der Waals surface area contributed by atoms with Crippen molar-refractivity contribution >= 4 is 17.1 Å². The molecule has 0 radical (unpaired) electrons. The van der Waals surface area contributed by atoms with Gasteiger partial charge in [-0.1, -0.05) is 0 Å². The second kappa shape index (κ2) is 6.28. The smallest absolute Gasteiger partial charge is 0.198 e. The summed E-state index contributed by atoms with van der Waals surface area (Å²) in [6.07, 6.45) is 0.778. The SMILES string of the molecule is COC(C)(C)CCOCC(=O)c1ccc(C)s1. The van der Waals surface area contributed by atoms with Crippen LogP contribution >= 0.6 is 11.3 Å². The number of methoxy groups -OCH3 is 1. The molecular weight excluding hydrogens is 236 g/mol. The Labute approximate surface area is 107 Å². The van der Waals surface area contributed by atoms with E-state index in [0.29, 0.717) is 6.61 Å². The van der Waals surface area contributed by atoms with Crippen molar-refractivity contribution in [1.29, 1.82) is 0 Å². The van der Waals surface area contributed by atoms with Crippen molar-refractivity contribution in [1.82, 2.24) is 0 Å². The third kappa shape index (κ3) is 4.98. The van der Waals surface area contributed by atoms with Crippen molar-refractivity contribution in [2.45, 2.75) is 32.8 Å². The van der Waals surface area contributed by atoms with Gasteiger partial charge in [0.25, 0.3) is 0 Å². The number of thiophene rings is 1. The lowest BCUT2D eigenvalue weighted by Gasteiger charge is -2.22. The lowest BCUT2D eigenvalue weighted by Crippen LogP contribution is -2.25. The monoisotopic (exact) mass is 256 g/mol. The second-order valence-corrected chi connectivity index (χ2v) is 5.89. The van der Waals surface area contributed by atoms with Crippen LogP contribution in [0.5, 0.6) is 0 Å². The van der Waals surface area contributed by atoms with Crippen LogP contribution in [0.3, 0.4) is 0 Å². The van der Waals surface area contributed by atoms with Crippen molar-refractivity contribution in [3.8, 4) is 0 Å². The van der Waals surface area contributed by atoms with Crippen molar-refractivity contribution < 1.29 is 14.3 Å². The predicted octanol–water partition coefficient (Wildman–Crippen LogP) is 3.07. The van der Waals surface area contributed by atoms with Crippen LogP contribution in [-0.2, 0) is 9.47 Å². The van der Waals surface area contributed by atoms with Gasteiger partial charge < -0.3 is 9.47 Å². The minimum atomic E-state index is -0.192. The highest BCUT2D eigenvalue weighted by molar-refractivity contribution is 7.14. The number of carbonyl (C=O) groups is 1. The zero-order valence-corrected chi connectivity index (χ0v) is 11.7. The zero-order valence-electron chi connectivity index (χ0n) is 10.9. The first kappa shape index (κ1) is 14.4. The van der Waals surface area contributed by atoms with E-state index in [9.17, 15) is 4.79 Å². The average Bonchev–Trinajstić information content (AvgIpc) is 2.71. The van der Waals surface area contributed by atoms with E-state index in [1.807, 2.05) is 32.9 Å². The summed E-state index contributed by atoms with van der Waals surface area (Å²) in [5.74, 6) is 0.0540. The zero-order chi connectivity index (χ0) is 12.9. The van der Waals surface area contributed by atoms with Gasteiger partial charge in [0.15, 0.2) is 5.78 Å². The molecule has 1 aromatic rings. The molecule has 0 N–H and O–H groups in total. The fourth-order valence-corrected chi connectivity index (χ4v) is 2.03. The van der Waals surface area contributed by atoms with Crippen LogP contribution in [0, 0.1) is 6.92 Å². The van der Waals surface area contributed by atoms with Crippen molar-refractivity contribution in [2.24, 2.45) is 0 Å². The van der Waals surface area contributed by atoms with E-state index >= 15 is 0 Å². The van der Waals surface area contributed by atoms with Crippen molar-refractivity contribution in [2.75, 3.05) is 20.3 Å². The first-order valence-electron chi connectivity index (χ1n) is 5.67. The highest BCUT2D eigenvalue weighted by Gasteiger charge is 2.16. The molecule has 0 saturated heterocycles. The Kier molecular flexibility index (Phi) is 5.31. The minimum Gasteiger partial charge on any atom is -0.379 e. The van der Waals surface area contributed by atoms with Crippen LogP contribution < -0.4 is 0 Å². The van der Waals surface area contributed by atoms with Crippen LogP contribution in [-0.4, -0.2) is 31.7 Å². The minimum absolute atomic E-state index is 0.0540. The van der Waals surface area contributed by atoms with E-state index in [0.717, 1.165) is 16.2 Å². The molecule has 0 aliphatic carbocycles. The Balaban J connectivity index is 2.26. The molecule has 4 heteroatoms. The lowest BCUT2D eigenvalue weighted by atomic mass is 10.1. The van der Waals surface area contributed by atoms with E-state index < -0.39 is 0 Å². The van der Waals surface area contributed by atoms with Crippen LogP contribution in [0.2, 0.25) is 0 Å². The molecule has 1 heterocycles. The second-order valence-electron chi connectivity index (χ2n) is 4.60. The molecule has 1 rings (SSSR count). The van der Waals surface area contributed by atoms with Gasteiger partial charge in [-0.2, -0.15) is 0 Å². The fourth-order valence-electron chi connectivity index (χ4n) is 1.24. The van der Waals surface area contributed by atoms with E-state index in [4.69, 9.17) is 9.47 Å².